The van der Waals surface area contributed by atoms with E-state index in [0.717, 1.165) is 50.9 Å². The van der Waals surface area contributed by atoms with Crippen molar-refractivity contribution in [2.45, 2.75) is 63.3 Å². The summed E-state index contributed by atoms with van der Waals surface area (Å²) in [4.78, 5) is 36.6. The molecule has 0 radical (unpaired) electrons. The lowest BCUT2D eigenvalue weighted by Crippen LogP contribution is -2.53. The number of fused-ring (bicyclic) bond motifs is 1. The van der Waals surface area contributed by atoms with E-state index >= 15 is 0 Å². The van der Waals surface area contributed by atoms with Crippen LogP contribution in [0.4, 0.5) is 0 Å². The SMILES string of the molecule is CN(C(=O)CN1CCN(C(=O)C2CCCc3cccnc32)CC1)C1CCCCC1. The molecule has 2 heterocycles. The summed E-state index contributed by atoms with van der Waals surface area (Å²) < 4.78 is 0. The third-order valence-corrected chi connectivity index (χ3v) is 7.05. The predicted molar refractivity (Wildman–Crippen MR) is 113 cm³/mol. The van der Waals surface area contributed by atoms with E-state index in [4.69, 9.17) is 0 Å². The van der Waals surface area contributed by atoms with Crippen molar-refractivity contribution >= 4 is 11.8 Å². The minimum atomic E-state index is -0.0921. The number of hydrogen-bond acceptors (Lipinski definition) is 4. The average Bonchev–Trinajstić information content (AvgIpc) is 2.78. The molecule has 0 aromatic carbocycles. The quantitative estimate of drug-likeness (QED) is 0.782. The zero-order valence-corrected chi connectivity index (χ0v) is 17.7. The molecule has 3 aliphatic rings. The number of carbonyl (C=O) groups excluding carboxylic acids is 2. The predicted octanol–water partition coefficient (Wildman–Crippen LogP) is 2.44. The first-order valence-electron chi connectivity index (χ1n) is 11.3. The van der Waals surface area contributed by atoms with Crippen molar-refractivity contribution in [3.63, 3.8) is 0 Å². The number of rotatable bonds is 4. The van der Waals surface area contributed by atoms with Gasteiger partial charge in [-0.3, -0.25) is 19.5 Å². The number of aromatic nitrogens is 1. The highest BCUT2D eigenvalue weighted by Crippen LogP contribution is 2.31. The van der Waals surface area contributed by atoms with E-state index in [-0.39, 0.29) is 17.7 Å². The summed E-state index contributed by atoms with van der Waals surface area (Å²) in [6, 6.07) is 4.48. The molecule has 29 heavy (non-hydrogen) atoms. The lowest BCUT2D eigenvalue weighted by molar-refractivity contribution is -0.137. The van der Waals surface area contributed by atoms with Crippen LogP contribution in [0.3, 0.4) is 0 Å². The summed E-state index contributed by atoms with van der Waals surface area (Å²) in [5, 5.41) is 0. The Morgan fingerprint density at radius 3 is 2.59 bits per heavy atom. The van der Waals surface area contributed by atoms with Gasteiger partial charge in [0.2, 0.25) is 11.8 Å². The molecule has 158 valence electrons. The molecule has 6 heteroatoms. The van der Waals surface area contributed by atoms with Gasteiger partial charge >= 0.3 is 0 Å². The molecule has 1 atom stereocenters. The second kappa shape index (κ2) is 9.24. The van der Waals surface area contributed by atoms with E-state index in [1.165, 1.54) is 24.8 Å². The number of amides is 2. The first-order valence-corrected chi connectivity index (χ1v) is 11.3. The van der Waals surface area contributed by atoms with Crippen LogP contribution < -0.4 is 0 Å². The van der Waals surface area contributed by atoms with E-state index in [0.29, 0.717) is 25.7 Å². The Labute approximate surface area is 174 Å². The van der Waals surface area contributed by atoms with Crippen molar-refractivity contribution in [3.05, 3.63) is 29.6 Å². The largest absolute Gasteiger partial charge is 0.342 e. The highest BCUT2D eigenvalue weighted by molar-refractivity contribution is 5.84. The molecule has 1 aliphatic heterocycles. The van der Waals surface area contributed by atoms with Crippen molar-refractivity contribution in [2.75, 3.05) is 39.8 Å². The highest BCUT2D eigenvalue weighted by atomic mass is 16.2. The maximum Gasteiger partial charge on any atom is 0.236 e. The van der Waals surface area contributed by atoms with Crippen LogP contribution in [0.25, 0.3) is 0 Å². The number of pyridine rings is 1. The Hall–Kier alpha value is -1.95. The zero-order chi connectivity index (χ0) is 20.2. The molecular formula is C23H34N4O2. The topological polar surface area (TPSA) is 56.8 Å². The number of likely N-dealkylation sites (N-methyl/N-ethyl adjacent to an activating group) is 1. The van der Waals surface area contributed by atoms with Crippen molar-refractivity contribution < 1.29 is 9.59 Å². The van der Waals surface area contributed by atoms with Crippen LogP contribution >= 0.6 is 0 Å². The van der Waals surface area contributed by atoms with Gasteiger partial charge in [-0.2, -0.15) is 0 Å². The summed E-state index contributed by atoms with van der Waals surface area (Å²) in [7, 11) is 1.96. The molecule has 1 unspecified atom stereocenters. The van der Waals surface area contributed by atoms with Gasteiger partial charge in [-0.1, -0.05) is 25.3 Å². The lowest BCUT2D eigenvalue weighted by Gasteiger charge is -2.38. The van der Waals surface area contributed by atoms with Crippen LogP contribution in [0.5, 0.6) is 0 Å². The Morgan fingerprint density at radius 2 is 1.83 bits per heavy atom. The fourth-order valence-electron chi connectivity index (χ4n) is 5.17. The Bertz CT molecular complexity index is 723. The molecule has 0 spiro atoms. The van der Waals surface area contributed by atoms with Crippen LogP contribution in [-0.4, -0.2) is 77.3 Å². The van der Waals surface area contributed by atoms with Crippen LogP contribution in [-0.2, 0) is 16.0 Å². The van der Waals surface area contributed by atoms with Crippen molar-refractivity contribution in [1.29, 1.82) is 0 Å². The van der Waals surface area contributed by atoms with E-state index in [9.17, 15) is 9.59 Å². The second-order valence-corrected chi connectivity index (χ2v) is 8.89. The van der Waals surface area contributed by atoms with Crippen LogP contribution in [0.15, 0.2) is 18.3 Å². The van der Waals surface area contributed by atoms with Gasteiger partial charge in [0.25, 0.3) is 0 Å². The van der Waals surface area contributed by atoms with Crippen LogP contribution in [0.2, 0.25) is 0 Å². The van der Waals surface area contributed by atoms with Crippen LogP contribution in [0.1, 0.15) is 62.1 Å². The molecule has 6 nitrogen and oxygen atoms in total. The first kappa shape index (κ1) is 20.3. The van der Waals surface area contributed by atoms with Gasteiger partial charge in [0, 0.05) is 45.5 Å². The Balaban J connectivity index is 1.28. The van der Waals surface area contributed by atoms with E-state index in [2.05, 4.69) is 16.0 Å². The van der Waals surface area contributed by atoms with Crippen LogP contribution in [0, 0.1) is 0 Å². The number of carbonyl (C=O) groups is 2. The molecule has 1 aromatic heterocycles. The minimum absolute atomic E-state index is 0.0921. The summed E-state index contributed by atoms with van der Waals surface area (Å²) in [6.07, 6.45) is 10.8. The van der Waals surface area contributed by atoms with E-state index in [1.807, 2.05) is 22.9 Å². The summed E-state index contributed by atoms with van der Waals surface area (Å²) in [6.45, 7) is 3.44. The average molecular weight is 399 g/mol. The highest BCUT2D eigenvalue weighted by Gasteiger charge is 2.33. The Morgan fingerprint density at radius 1 is 1.07 bits per heavy atom. The van der Waals surface area contributed by atoms with Gasteiger partial charge in [-0.15, -0.1) is 0 Å². The van der Waals surface area contributed by atoms with Gasteiger partial charge in [-0.25, -0.2) is 0 Å². The van der Waals surface area contributed by atoms with E-state index in [1.54, 1.807) is 6.20 Å². The molecular weight excluding hydrogens is 364 g/mol. The van der Waals surface area contributed by atoms with Crippen molar-refractivity contribution in [2.24, 2.45) is 0 Å². The van der Waals surface area contributed by atoms with Gasteiger partial charge in [0.05, 0.1) is 18.2 Å². The monoisotopic (exact) mass is 398 g/mol. The van der Waals surface area contributed by atoms with Crippen molar-refractivity contribution in [3.8, 4) is 0 Å². The molecule has 2 fully saturated rings. The summed E-state index contributed by atoms with van der Waals surface area (Å²) in [5.74, 6) is 0.350. The van der Waals surface area contributed by atoms with E-state index < -0.39 is 0 Å². The third-order valence-electron chi connectivity index (χ3n) is 7.05. The third kappa shape index (κ3) is 4.63. The number of aryl methyl sites for hydroxylation is 1. The maximum absolute atomic E-state index is 13.2. The summed E-state index contributed by atoms with van der Waals surface area (Å²) >= 11 is 0. The number of hydrogen-bond donors (Lipinski definition) is 0. The minimum Gasteiger partial charge on any atom is -0.342 e. The molecule has 1 saturated carbocycles. The lowest BCUT2D eigenvalue weighted by atomic mass is 9.85. The molecule has 0 N–H and O–H groups in total. The Kier molecular flexibility index (Phi) is 6.48. The molecule has 2 aliphatic carbocycles. The normalized spacial score (nSPS) is 23.5. The van der Waals surface area contributed by atoms with Gasteiger partial charge in [-0.05, 0) is 43.7 Å². The fourth-order valence-corrected chi connectivity index (χ4v) is 5.17. The standard InChI is InChI=1S/C23H34N4O2/c1-25(19-9-3-2-4-10-19)21(28)17-26-13-15-27(16-14-26)23(29)20-11-5-7-18-8-6-12-24-22(18)20/h6,8,12,19-20H,2-5,7,9-11,13-17H2,1H3. The molecule has 4 rings (SSSR count). The second-order valence-electron chi connectivity index (χ2n) is 8.89. The smallest absolute Gasteiger partial charge is 0.236 e. The molecule has 1 aromatic rings. The zero-order valence-electron chi connectivity index (χ0n) is 17.7. The van der Waals surface area contributed by atoms with Gasteiger partial charge < -0.3 is 9.80 Å². The maximum atomic E-state index is 13.2. The number of nitrogens with zero attached hydrogens (tertiary/aromatic N) is 4. The molecule has 2 amide bonds. The molecule has 1 saturated heterocycles. The summed E-state index contributed by atoms with van der Waals surface area (Å²) in [5.41, 5.74) is 2.21. The fraction of sp³-hybridized carbons (Fsp3) is 0.696. The van der Waals surface area contributed by atoms with Gasteiger partial charge in [0.15, 0.2) is 0 Å². The first-order chi connectivity index (χ1) is 14.1. The number of piperazine rings is 1. The van der Waals surface area contributed by atoms with Gasteiger partial charge in [0.1, 0.15) is 0 Å². The molecule has 0 bridgehead atoms. The van der Waals surface area contributed by atoms with Crippen molar-refractivity contribution in [1.82, 2.24) is 19.7 Å².